The van der Waals surface area contributed by atoms with Gasteiger partial charge < -0.3 is 18.9 Å². The molecule has 2 rings (SSSR count). The summed E-state index contributed by atoms with van der Waals surface area (Å²) < 4.78 is 21.0. The van der Waals surface area contributed by atoms with E-state index in [0.29, 0.717) is 24.7 Å². The molecule has 0 fully saturated rings. The van der Waals surface area contributed by atoms with Crippen molar-refractivity contribution in [2.45, 2.75) is 39.9 Å². The molecule has 0 heterocycles. The van der Waals surface area contributed by atoms with Gasteiger partial charge in [-0.2, -0.15) is 0 Å². The van der Waals surface area contributed by atoms with Crippen molar-refractivity contribution in [3.8, 4) is 22.6 Å². The quantitative estimate of drug-likeness (QED) is 0.607. The van der Waals surface area contributed by atoms with Gasteiger partial charge in [-0.15, -0.1) is 0 Å². The van der Waals surface area contributed by atoms with Gasteiger partial charge in [0.2, 0.25) is 0 Å². The second-order valence-electron chi connectivity index (χ2n) is 6.07. The molecule has 0 N–H and O–H groups in total. The smallest absolute Gasteiger partial charge is 0.347 e. The first kappa shape index (κ1) is 21.3. The van der Waals surface area contributed by atoms with Crippen LogP contribution in [0.3, 0.4) is 0 Å². The van der Waals surface area contributed by atoms with Gasteiger partial charge >= 0.3 is 11.9 Å². The largest absolute Gasteiger partial charge is 0.479 e. The third-order valence-electron chi connectivity index (χ3n) is 3.90. The minimum Gasteiger partial charge on any atom is -0.479 e. The van der Waals surface area contributed by atoms with Crippen LogP contribution < -0.4 is 9.47 Å². The number of hydrogen-bond acceptors (Lipinski definition) is 6. The molecule has 0 aliphatic carbocycles. The highest BCUT2D eigenvalue weighted by atomic mass is 16.6. The zero-order valence-corrected chi connectivity index (χ0v) is 16.6. The van der Waals surface area contributed by atoms with Gasteiger partial charge in [0.15, 0.2) is 12.2 Å². The standard InChI is InChI=1S/C22H26O6/c1-5-25-21(23)15(3)27-19-11-7-17(8-12-19)18-9-13-20(14-10-18)28-16(4)22(24)26-6-2/h7-16H,5-6H2,1-4H3. The summed E-state index contributed by atoms with van der Waals surface area (Å²) in [7, 11) is 0. The van der Waals surface area contributed by atoms with E-state index in [1.54, 1.807) is 52.0 Å². The van der Waals surface area contributed by atoms with Gasteiger partial charge in [-0.3, -0.25) is 0 Å². The van der Waals surface area contributed by atoms with Crippen LogP contribution in [0.15, 0.2) is 48.5 Å². The van der Waals surface area contributed by atoms with Crippen LogP contribution in [0.25, 0.3) is 11.1 Å². The number of esters is 2. The van der Waals surface area contributed by atoms with E-state index in [0.717, 1.165) is 11.1 Å². The van der Waals surface area contributed by atoms with E-state index >= 15 is 0 Å². The SMILES string of the molecule is CCOC(=O)C(C)Oc1ccc(-c2ccc(OC(C)C(=O)OCC)cc2)cc1. The fraction of sp³-hybridized carbons (Fsp3) is 0.364. The van der Waals surface area contributed by atoms with Gasteiger partial charge in [0.1, 0.15) is 11.5 Å². The lowest BCUT2D eigenvalue weighted by Gasteiger charge is -2.14. The highest BCUT2D eigenvalue weighted by Crippen LogP contribution is 2.25. The molecule has 0 saturated carbocycles. The van der Waals surface area contributed by atoms with Crippen LogP contribution in [0.5, 0.6) is 11.5 Å². The molecule has 2 aromatic rings. The molecule has 0 aliphatic heterocycles. The molecule has 0 aromatic heterocycles. The fourth-order valence-corrected chi connectivity index (χ4v) is 2.48. The molecule has 0 radical (unpaired) electrons. The third-order valence-corrected chi connectivity index (χ3v) is 3.90. The van der Waals surface area contributed by atoms with E-state index in [-0.39, 0.29) is 11.9 Å². The summed E-state index contributed by atoms with van der Waals surface area (Å²) in [5.41, 5.74) is 1.97. The van der Waals surface area contributed by atoms with Crippen LogP contribution in [0.4, 0.5) is 0 Å². The van der Waals surface area contributed by atoms with Crippen molar-refractivity contribution in [1.29, 1.82) is 0 Å². The molecule has 0 amide bonds. The topological polar surface area (TPSA) is 71.1 Å². The number of carbonyl (C=O) groups excluding carboxylic acids is 2. The first-order chi connectivity index (χ1) is 13.4. The Morgan fingerprint density at radius 3 is 1.29 bits per heavy atom. The lowest BCUT2D eigenvalue weighted by molar-refractivity contribution is -0.151. The van der Waals surface area contributed by atoms with Crippen molar-refractivity contribution in [1.82, 2.24) is 0 Å². The predicted molar refractivity (Wildman–Crippen MR) is 105 cm³/mol. The van der Waals surface area contributed by atoms with Crippen LogP contribution in [-0.4, -0.2) is 37.4 Å². The van der Waals surface area contributed by atoms with Crippen LogP contribution in [0, 0.1) is 0 Å². The molecule has 0 spiro atoms. The number of benzene rings is 2. The Bertz CT molecular complexity index is 699. The van der Waals surface area contributed by atoms with Gasteiger partial charge in [-0.25, -0.2) is 9.59 Å². The van der Waals surface area contributed by atoms with E-state index in [4.69, 9.17) is 18.9 Å². The Morgan fingerprint density at radius 1 is 0.679 bits per heavy atom. The first-order valence-corrected chi connectivity index (χ1v) is 9.31. The lowest BCUT2D eigenvalue weighted by atomic mass is 10.1. The summed E-state index contributed by atoms with van der Waals surface area (Å²) in [6.45, 7) is 7.47. The molecule has 0 bridgehead atoms. The number of hydrogen-bond donors (Lipinski definition) is 0. The molecule has 150 valence electrons. The van der Waals surface area contributed by atoms with Gasteiger partial charge in [-0.05, 0) is 63.1 Å². The third kappa shape index (κ3) is 6.01. The van der Waals surface area contributed by atoms with Crippen molar-refractivity contribution < 1.29 is 28.5 Å². The Labute approximate surface area is 165 Å². The van der Waals surface area contributed by atoms with Gasteiger partial charge in [0.25, 0.3) is 0 Å². The number of carbonyl (C=O) groups is 2. The van der Waals surface area contributed by atoms with E-state index in [2.05, 4.69) is 0 Å². The van der Waals surface area contributed by atoms with E-state index in [1.165, 1.54) is 0 Å². The summed E-state index contributed by atoms with van der Waals surface area (Å²) in [5.74, 6) is 0.401. The van der Waals surface area contributed by atoms with E-state index in [1.807, 2.05) is 24.3 Å². The maximum atomic E-state index is 11.6. The van der Waals surface area contributed by atoms with Gasteiger partial charge in [0.05, 0.1) is 13.2 Å². The average molecular weight is 386 g/mol. The predicted octanol–water partition coefficient (Wildman–Crippen LogP) is 4.01. The van der Waals surface area contributed by atoms with Crippen LogP contribution in [-0.2, 0) is 19.1 Å². The van der Waals surface area contributed by atoms with E-state index in [9.17, 15) is 9.59 Å². The summed E-state index contributed by atoms with van der Waals surface area (Å²) >= 11 is 0. The zero-order chi connectivity index (χ0) is 20.5. The van der Waals surface area contributed by atoms with Crippen molar-refractivity contribution in [3.63, 3.8) is 0 Å². The monoisotopic (exact) mass is 386 g/mol. The van der Waals surface area contributed by atoms with Gasteiger partial charge in [0, 0.05) is 0 Å². The molecular weight excluding hydrogens is 360 g/mol. The molecule has 6 nitrogen and oxygen atoms in total. The molecule has 6 heteroatoms. The van der Waals surface area contributed by atoms with Gasteiger partial charge in [-0.1, -0.05) is 24.3 Å². The summed E-state index contributed by atoms with van der Waals surface area (Å²) in [6.07, 6.45) is -1.33. The molecule has 0 saturated heterocycles. The Morgan fingerprint density at radius 2 is 1.00 bits per heavy atom. The highest BCUT2D eigenvalue weighted by Gasteiger charge is 2.16. The van der Waals surface area contributed by atoms with Crippen LogP contribution in [0.1, 0.15) is 27.7 Å². The number of ether oxygens (including phenoxy) is 4. The normalized spacial score (nSPS) is 12.6. The van der Waals surface area contributed by atoms with Crippen LogP contribution in [0.2, 0.25) is 0 Å². The molecule has 2 unspecified atom stereocenters. The Kier molecular flexibility index (Phi) is 7.87. The van der Waals surface area contributed by atoms with Crippen molar-refractivity contribution >= 4 is 11.9 Å². The van der Waals surface area contributed by atoms with Crippen molar-refractivity contribution in [3.05, 3.63) is 48.5 Å². The second kappa shape index (κ2) is 10.3. The van der Waals surface area contributed by atoms with Crippen molar-refractivity contribution in [2.24, 2.45) is 0 Å². The Balaban J connectivity index is 1.98. The van der Waals surface area contributed by atoms with Crippen molar-refractivity contribution in [2.75, 3.05) is 13.2 Å². The molecule has 2 aromatic carbocycles. The summed E-state index contributed by atoms with van der Waals surface area (Å²) in [4.78, 5) is 23.3. The summed E-state index contributed by atoms with van der Waals surface area (Å²) in [5, 5.41) is 0. The molecule has 2 atom stereocenters. The fourth-order valence-electron chi connectivity index (χ4n) is 2.48. The Hall–Kier alpha value is -3.02. The molecule has 28 heavy (non-hydrogen) atoms. The molecule has 0 aliphatic rings. The molecular formula is C22H26O6. The maximum absolute atomic E-state index is 11.6. The summed E-state index contributed by atoms with van der Waals surface area (Å²) in [6, 6.07) is 14.8. The van der Waals surface area contributed by atoms with Crippen LogP contribution >= 0.6 is 0 Å². The lowest BCUT2D eigenvalue weighted by Crippen LogP contribution is -2.26. The zero-order valence-electron chi connectivity index (χ0n) is 16.6. The number of rotatable bonds is 9. The minimum absolute atomic E-state index is 0.323. The first-order valence-electron chi connectivity index (χ1n) is 9.31. The maximum Gasteiger partial charge on any atom is 0.347 e. The highest BCUT2D eigenvalue weighted by molar-refractivity contribution is 5.75. The average Bonchev–Trinajstić information content (AvgIpc) is 2.69. The second-order valence-corrected chi connectivity index (χ2v) is 6.07. The minimum atomic E-state index is -0.663. The van der Waals surface area contributed by atoms with E-state index < -0.39 is 12.2 Å².